The van der Waals surface area contributed by atoms with E-state index in [0.717, 1.165) is 12.1 Å². The van der Waals surface area contributed by atoms with Crippen molar-refractivity contribution in [3.63, 3.8) is 0 Å². The van der Waals surface area contributed by atoms with Crippen molar-refractivity contribution in [3.8, 4) is 0 Å². The molecule has 0 atom stereocenters. The van der Waals surface area contributed by atoms with Crippen molar-refractivity contribution in [2.75, 3.05) is 10.6 Å². The molecule has 10 heteroatoms. The molecular formula is C22H16ClF3N4O2. The van der Waals surface area contributed by atoms with E-state index in [1.807, 2.05) is 0 Å². The van der Waals surface area contributed by atoms with Crippen molar-refractivity contribution in [1.29, 1.82) is 0 Å². The molecule has 0 spiro atoms. The Balaban J connectivity index is 1.76. The van der Waals surface area contributed by atoms with Gasteiger partial charge in [-0.15, -0.1) is 5.11 Å². The molecule has 0 unspecified atom stereocenters. The molecule has 0 fully saturated rings. The number of urea groups is 1. The molecule has 164 valence electrons. The van der Waals surface area contributed by atoms with Crippen molar-refractivity contribution in [2.24, 2.45) is 10.2 Å². The zero-order valence-corrected chi connectivity index (χ0v) is 17.3. The van der Waals surface area contributed by atoms with Crippen LogP contribution in [0.5, 0.6) is 0 Å². The van der Waals surface area contributed by atoms with Crippen LogP contribution in [0.1, 0.15) is 22.8 Å². The molecule has 2 amide bonds. The molecule has 3 aromatic rings. The van der Waals surface area contributed by atoms with E-state index in [2.05, 4.69) is 20.9 Å². The number of para-hydroxylation sites is 1. The number of nitrogens with zero attached hydrogens (tertiary/aromatic N) is 2. The fourth-order valence-corrected chi connectivity index (χ4v) is 2.89. The molecule has 0 aliphatic carbocycles. The minimum Gasteiger partial charge on any atom is -0.308 e. The van der Waals surface area contributed by atoms with Crippen LogP contribution in [0.15, 0.2) is 77.0 Å². The second-order valence-corrected chi connectivity index (χ2v) is 7.00. The first-order valence-corrected chi connectivity index (χ1v) is 9.58. The molecule has 0 aliphatic rings. The maximum atomic E-state index is 13.0. The number of nitrogens with one attached hydrogen (secondary N) is 2. The number of carbonyl (C=O) groups is 2. The molecule has 0 saturated heterocycles. The summed E-state index contributed by atoms with van der Waals surface area (Å²) in [5.74, 6) is -0.114. The zero-order chi connectivity index (χ0) is 23.3. The van der Waals surface area contributed by atoms with Crippen molar-refractivity contribution >= 4 is 46.2 Å². The molecule has 0 aliphatic heterocycles. The summed E-state index contributed by atoms with van der Waals surface area (Å²) in [5.41, 5.74) is 0.369. The van der Waals surface area contributed by atoms with Gasteiger partial charge in [-0.1, -0.05) is 35.9 Å². The molecule has 0 aromatic heterocycles. The standard InChI is InChI=1S/C22H16ClF3N4O2/c1-13(31)14-5-4-6-16(11-14)29-30-20-8-3-2-7-19(20)28-21(32)27-15-9-10-18(23)17(12-15)22(24,25)26/h2-12H,1H3,(H2,27,28,32). The van der Waals surface area contributed by atoms with Gasteiger partial charge in [0.25, 0.3) is 0 Å². The number of Topliss-reactive ketones (excluding diaryl/α,β-unsaturated/α-hetero) is 1. The van der Waals surface area contributed by atoms with Gasteiger partial charge in [-0.05, 0) is 49.4 Å². The lowest BCUT2D eigenvalue weighted by Gasteiger charge is -2.13. The second-order valence-electron chi connectivity index (χ2n) is 6.60. The number of anilines is 2. The summed E-state index contributed by atoms with van der Waals surface area (Å²) in [4.78, 5) is 23.8. The predicted molar refractivity (Wildman–Crippen MR) is 116 cm³/mol. The molecule has 32 heavy (non-hydrogen) atoms. The number of halogens is 4. The highest BCUT2D eigenvalue weighted by molar-refractivity contribution is 6.31. The van der Waals surface area contributed by atoms with Gasteiger partial charge in [-0.3, -0.25) is 4.79 Å². The largest absolute Gasteiger partial charge is 0.417 e. The minimum absolute atomic E-state index is 0.0839. The monoisotopic (exact) mass is 460 g/mol. The average Bonchev–Trinajstić information content (AvgIpc) is 2.74. The summed E-state index contributed by atoms with van der Waals surface area (Å²) in [5, 5.41) is 12.6. The Kier molecular flexibility index (Phi) is 6.89. The Hall–Kier alpha value is -3.72. The van der Waals surface area contributed by atoms with Gasteiger partial charge >= 0.3 is 12.2 Å². The smallest absolute Gasteiger partial charge is 0.308 e. The van der Waals surface area contributed by atoms with Crippen molar-refractivity contribution < 1.29 is 22.8 Å². The molecule has 6 nitrogen and oxygen atoms in total. The molecule has 0 radical (unpaired) electrons. The number of benzene rings is 3. The van der Waals surface area contributed by atoms with Crippen molar-refractivity contribution in [1.82, 2.24) is 0 Å². The molecule has 0 heterocycles. The van der Waals surface area contributed by atoms with E-state index >= 15 is 0 Å². The highest BCUT2D eigenvalue weighted by Gasteiger charge is 2.33. The first kappa shape index (κ1) is 23.0. The summed E-state index contributed by atoms with van der Waals surface area (Å²) in [7, 11) is 0. The van der Waals surface area contributed by atoms with Gasteiger partial charge in [0, 0.05) is 11.3 Å². The van der Waals surface area contributed by atoms with Gasteiger partial charge in [0.2, 0.25) is 0 Å². The fourth-order valence-electron chi connectivity index (χ4n) is 2.67. The van der Waals surface area contributed by atoms with Crippen LogP contribution < -0.4 is 10.6 Å². The number of alkyl halides is 3. The van der Waals surface area contributed by atoms with E-state index in [0.29, 0.717) is 16.9 Å². The average molecular weight is 461 g/mol. The summed E-state index contributed by atoms with van der Waals surface area (Å²) >= 11 is 5.59. The zero-order valence-electron chi connectivity index (χ0n) is 16.6. The Labute approximate surface area is 186 Å². The van der Waals surface area contributed by atoms with E-state index in [4.69, 9.17) is 11.6 Å². The number of ketones is 1. The molecule has 3 aromatic carbocycles. The normalized spacial score (nSPS) is 11.4. The number of azo groups is 1. The maximum absolute atomic E-state index is 13.0. The van der Waals surface area contributed by atoms with Gasteiger partial charge < -0.3 is 10.6 Å². The summed E-state index contributed by atoms with van der Waals surface area (Å²) in [6.07, 6.45) is -4.65. The summed E-state index contributed by atoms with van der Waals surface area (Å²) in [6, 6.07) is 15.3. The van der Waals surface area contributed by atoms with Crippen LogP contribution in [0.3, 0.4) is 0 Å². The van der Waals surface area contributed by atoms with E-state index in [1.165, 1.54) is 13.0 Å². The predicted octanol–water partition coefficient (Wildman–Crippen LogP) is 7.62. The van der Waals surface area contributed by atoms with Gasteiger partial charge in [0.05, 0.1) is 22.0 Å². The number of rotatable bonds is 5. The molecule has 3 rings (SSSR count). The van der Waals surface area contributed by atoms with Crippen LogP contribution in [-0.4, -0.2) is 11.8 Å². The first-order valence-electron chi connectivity index (χ1n) is 9.20. The molecule has 0 bridgehead atoms. The lowest BCUT2D eigenvalue weighted by atomic mass is 10.1. The Morgan fingerprint density at radius 3 is 2.38 bits per heavy atom. The van der Waals surface area contributed by atoms with Crippen molar-refractivity contribution in [2.45, 2.75) is 13.1 Å². The Morgan fingerprint density at radius 2 is 1.66 bits per heavy atom. The highest BCUT2D eigenvalue weighted by atomic mass is 35.5. The van der Waals surface area contributed by atoms with Gasteiger partial charge in [0.15, 0.2) is 5.78 Å². The molecule has 0 saturated carbocycles. The van der Waals surface area contributed by atoms with E-state index < -0.39 is 22.8 Å². The maximum Gasteiger partial charge on any atom is 0.417 e. The number of amides is 2. The number of hydrogen-bond donors (Lipinski definition) is 2. The fraction of sp³-hybridized carbons (Fsp3) is 0.0909. The minimum atomic E-state index is -4.65. The quantitative estimate of drug-likeness (QED) is 0.303. The topological polar surface area (TPSA) is 82.9 Å². The summed E-state index contributed by atoms with van der Waals surface area (Å²) in [6.45, 7) is 1.44. The first-order chi connectivity index (χ1) is 15.1. The van der Waals surface area contributed by atoms with Gasteiger partial charge in [-0.25, -0.2) is 4.79 Å². The van der Waals surface area contributed by atoms with Crippen molar-refractivity contribution in [3.05, 3.63) is 82.9 Å². The third-order valence-electron chi connectivity index (χ3n) is 4.21. The van der Waals surface area contributed by atoms with E-state index in [-0.39, 0.29) is 17.2 Å². The lowest BCUT2D eigenvalue weighted by Crippen LogP contribution is -2.20. The van der Waals surface area contributed by atoms with Gasteiger partial charge in [-0.2, -0.15) is 18.3 Å². The lowest BCUT2D eigenvalue weighted by molar-refractivity contribution is -0.137. The SMILES string of the molecule is CC(=O)c1cccc(N=Nc2ccccc2NC(=O)Nc2ccc(Cl)c(C(F)(F)F)c2)c1. The van der Waals surface area contributed by atoms with Crippen LogP contribution in [0.2, 0.25) is 5.02 Å². The number of hydrogen-bond acceptors (Lipinski definition) is 4. The van der Waals surface area contributed by atoms with E-state index in [1.54, 1.807) is 48.5 Å². The highest BCUT2D eigenvalue weighted by Crippen LogP contribution is 2.36. The van der Waals surface area contributed by atoms with E-state index in [9.17, 15) is 22.8 Å². The third-order valence-corrected chi connectivity index (χ3v) is 4.54. The second kappa shape index (κ2) is 9.61. The van der Waals surface area contributed by atoms with Crippen LogP contribution in [-0.2, 0) is 6.18 Å². The van der Waals surface area contributed by atoms with Crippen LogP contribution in [0.4, 0.5) is 40.7 Å². The van der Waals surface area contributed by atoms with Gasteiger partial charge in [0.1, 0.15) is 5.69 Å². The Morgan fingerprint density at radius 1 is 0.906 bits per heavy atom. The third kappa shape index (κ3) is 5.92. The molecule has 2 N–H and O–H groups in total. The summed E-state index contributed by atoms with van der Waals surface area (Å²) < 4.78 is 39.0. The molecular weight excluding hydrogens is 445 g/mol. The van der Waals surface area contributed by atoms with Crippen LogP contribution >= 0.6 is 11.6 Å². The Bertz CT molecular complexity index is 1200. The van der Waals surface area contributed by atoms with Crippen LogP contribution in [0.25, 0.3) is 0 Å². The van der Waals surface area contributed by atoms with Crippen LogP contribution in [0, 0.1) is 0 Å². The number of carbonyl (C=O) groups excluding carboxylic acids is 2.